The Hall–Kier alpha value is -1.84. The second kappa shape index (κ2) is 4.09. The highest BCUT2D eigenvalue weighted by Gasteiger charge is 2.77. The number of hydrogen-bond acceptors (Lipinski definition) is 2. The topological polar surface area (TPSA) is 59.5 Å². The van der Waals surface area contributed by atoms with Gasteiger partial charge in [-0.2, -0.15) is 0 Å². The molecule has 3 fully saturated rings. The third-order valence-electron chi connectivity index (χ3n) is 5.86. The van der Waals surface area contributed by atoms with E-state index >= 15 is 0 Å². The zero-order chi connectivity index (χ0) is 14.8. The second-order valence-electron chi connectivity index (χ2n) is 6.60. The van der Waals surface area contributed by atoms with Crippen molar-refractivity contribution in [2.24, 2.45) is 11.8 Å². The number of Topliss-reactive ketones (excluding diaryl/α,β-unsaturated/α-hetero) is 2. The Balaban J connectivity index is 1.87. The summed E-state index contributed by atoms with van der Waals surface area (Å²) in [4.78, 5) is 25.8. The average molecular weight is 282 g/mol. The van der Waals surface area contributed by atoms with Gasteiger partial charge in [-0.1, -0.05) is 37.3 Å². The number of benzene rings is 1. The lowest BCUT2D eigenvalue weighted by molar-refractivity contribution is -0.630. The molecule has 108 valence electrons. The second-order valence-corrected chi connectivity index (χ2v) is 6.60. The first-order valence-corrected chi connectivity index (χ1v) is 7.72. The number of carbonyl (C=O) groups excluding carboxylic acids is 2. The van der Waals surface area contributed by atoms with Crippen LogP contribution in [0.2, 0.25) is 0 Å². The quantitative estimate of drug-likeness (QED) is 0.618. The van der Waals surface area contributed by atoms with E-state index in [1.807, 2.05) is 37.3 Å². The lowest BCUT2D eigenvalue weighted by Gasteiger charge is -2.38. The van der Waals surface area contributed by atoms with Gasteiger partial charge in [0.05, 0.1) is 11.8 Å². The minimum atomic E-state index is -1.35. The molecule has 0 N–H and O–H groups in total. The van der Waals surface area contributed by atoms with Crippen molar-refractivity contribution in [2.45, 2.75) is 43.7 Å². The van der Waals surface area contributed by atoms with Gasteiger partial charge >= 0.3 is 0 Å². The number of nitrogens with zero attached hydrogens (tertiary/aromatic N) is 2. The highest BCUT2D eigenvalue weighted by atomic mass is 16.2. The molecular formula is C17H18N2O2. The number of ketones is 2. The van der Waals surface area contributed by atoms with Crippen LogP contribution in [0.1, 0.15) is 37.7 Å². The zero-order valence-electron chi connectivity index (χ0n) is 12.0. The van der Waals surface area contributed by atoms with Gasteiger partial charge in [-0.25, -0.2) is 0 Å². The van der Waals surface area contributed by atoms with Crippen LogP contribution in [0.3, 0.4) is 0 Å². The van der Waals surface area contributed by atoms with Gasteiger partial charge in [0.1, 0.15) is 0 Å². The summed E-state index contributed by atoms with van der Waals surface area (Å²) < 4.78 is 1.12. The summed E-state index contributed by atoms with van der Waals surface area (Å²) in [5.74, 6) is -0.902. The van der Waals surface area contributed by atoms with Crippen molar-refractivity contribution in [3.05, 3.63) is 41.4 Å². The van der Waals surface area contributed by atoms with Crippen LogP contribution in [-0.2, 0) is 9.59 Å². The first-order valence-electron chi connectivity index (χ1n) is 7.72. The van der Waals surface area contributed by atoms with Gasteiger partial charge in [0.2, 0.25) is 11.6 Å². The molecule has 0 spiro atoms. The largest absolute Gasteiger partial charge is 0.505 e. The molecular weight excluding hydrogens is 264 g/mol. The molecule has 1 aromatic rings. The van der Waals surface area contributed by atoms with Gasteiger partial charge in [-0.15, -0.1) is 0 Å². The molecule has 2 saturated carbocycles. The van der Waals surface area contributed by atoms with Crippen molar-refractivity contribution in [1.29, 1.82) is 0 Å². The fraction of sp³-hybridized carbons (Fsp3) is 0.529. The van der Waals surface area contributed by atoms with Crippen molar-refractivity contribution in [3.63, 3.8) is 0 Å². The number of carbonyl (C=O) groups is 2. The Kier molecular flexibility index (Phi) is 2.51. The van der Waals surface area contributed by atoms with E-state index in [1.165, 1.54) is 0 Å². The van der Waals surface area contributed by atoms with Gasteiger partial charge < -0.3 is 10.2 Å². The molecule has 1 aromatic carbocycles. The molecule has 1 heterocycles. The van der Waals surface area contributed by atoms with Crippen LogP contribution in [0.25, 0.3) is 5.53 Å². The van der Waals surface area contributed by atoms with Gasteiger partial charge in [0, 0.05) is 12.3 Å². The lowest BCUT2D eigenvalue weighted by atomic mass is 9.73. The molecule has 1 saturated heterocycles. The van der Waals surface area contributed by atoms with Crippen molar-refractivity contribution in [3.8, 4) is 0 Å². The van der Waals surface area contributed by atoms with Gasteiger partial charge in [0.25, 0.3) is 5.54 Å². The Morgan fingerprint density at radius 1 is 1.19 bits per heavy atom. The van der Waals surface area contributed by atoms with Crippen LogP contribution in [0, 0.1) is 11.8 Å². The van der Waals surface area contributed by atoms with Crippen LogP contribution < -0.4 is 0 Å². The molecule has 2 aliphatic carbocycles. The predicted molar refractivity (Wildman–Crippen MR) is 75.8 cm³/mol. The van der Waals surface area contributed by atoms with Crippen molar-refractivity contribution >= 4 is 11.6 Å². The molecule has 4 nitrogen and oxygen atoms in total. The summed E-state index contributed by atoms with van der Waals surface area (Å²) in [7, 11) is 0. The van der Waals surface area contributed by atoms with Crippen molar-refractivity contribution in [2.75, 3.05) is 0 Å². The Morgan fingerprint density at radius 3 is 2.62 bits per heavy atom. The van der Waals surface area contributed by atoms with Gasteiger partial charge in [0.15, 0.2) is 6.04 Å². The van der Waals surface area contributed by atoms with E-state index in [2.05, 4.69) is 0 Å². The molecule has 4 rings (SSSR count). The van der Waals surface area contributed by atoms with E-state index in [1.54, 1.807) is 0 Å². The number of fused-ring (bicyclic) bond motifs is 1. The molecule has 3 aliphatic rings. The highest BCUT2D eigenvalue weighted by Crippen LogP contribution is 2.56. The van der Waals surface area contributed by atoms with Gasteiger partial charge in [-0.3, -0.25) is 9.59 Å². The maximum absolute atomic E-state index is 12.9. The molecule has 0 amide bonds. The molecule has 21 heavy (non-hydrogen) atoms. The van der Waals surface area contributed by atoms with Crippen LogP contribution in [0.15, 0.2) is 30.3 Å². The van der Waals surface area contributed by atoms with Crippen LogP contribution >= 0.6 is 0 Å². The van der Waals surface area contributed by atoms with E-state index in [0.29, 0.717) is 0 Å². The third kappa shape index (κ3) is 1.31. The number of hydrogen-bond donors (Lipinski definition) is 0. The van der Waals surface area contributed by atoms with Crippen molar-refractivity contribution in [1.82, 2.24) is 0 Å². The van der Waals surface area contributed by atoms with Crippen LogP contribution in [0.4, 0.5) is 0 Å². The van der Waals surface area contributed by atoms with E-state index in [0.717, 1.165) is 29.5 Å². The summed E-state index contributed by atoms with van der Waals surface area (Å²) in [5.41, 5.74) is 10.2. The number of piperidine rings is 1. The minimum absolute atomic E-state index is 0.0546. The fourth-order valence-corrected chi connectivity index (χ4v) is 4.85. The molecule has 0 radical (unpaired) electrons. The Labute approximate surface area is 123 Å². The molecule has 5 atom stereocenters. The summed E-state index contributed by atoms with van der Waals surface area (Å²) in [5, 5.41) is 0. The Morgan fingerprint density at radius 2 is 1.90 bits per heavy atom. The Bertz CT molecular complexity index is 614. The van der Waals surface area contributed by atoms with Crippen molar-refractivity contribution < 1.29 is 14.3 Å². The maximum Gasteiger partial charge on any atom is 0.275 e. The monoisotopic (exact) mass is 282 g/mol. The lowest BCUT2D eigenvalue weighted by Crippen LogP contribution is -2.56. The first kappa shape index (κ1) is 12.9. The zero-order valence-corrected chi connectivity index (χ0v) is 12.0. The number of rotatable bonds is 2. The molecule has 0 aromatic heterocycles. The van der Waals surface area contributed by atoms with Crippen LogP contribution in [0.5, 0.6) is 0 Å². The summed E-state index contributed by atoms with van der Waals surface area (Å²) in [6.07, 6.45) is 2.51. The van der Waals surface area contributed by atoms with Gasteiger partial charge in [-0.05, 0) is 18.4 Å². The van der Waals surface area contributed by atoms with E-state index < -0.39 is 5.54 Å². The van der Waals surface area contributed by atoms with Crippen LogP contribution in [-0.4, -0.2) is 27.8 Å². The first-order chi connectivity index (χ1) is 10.1. The predicted octanol–water partition coefficient (Wildman–Crippen LogP) is 2.51. The molecule has 2 bridgehead atoms. The fourth-order valence-electron chi connectivity index (χ4n) is 4.85. The average Bonchev–Trinajstić information content (AvgIpc) is 2.89. The maximum atomic E-state index is 12.9. The normalized spacial score (nSPS) is 38.9. The minimum Gasteiger partial charge on any atom is -0.505 e. The standard InChI is InChI=1S/C17H18N2O2/c1-10(11-6-3-2-4-7-11)17-15(20)12-8-5-9-13(19(17)18)14(12)16(17)21/h2-4,6-7,10,12-14H,5,8-9H2,1H3. The molecule has 1 aliphatic heterocycles. The molecule has 4 heteroatoms. The third-order valence-corrected chi connectivity index (χ3v) is 5.86. The summed E-state index contributed by atoms with van der Waals surface area (Å²) in [6.45, 7) is 1.89. The smallest absolute Gasteiger partial charge is 0.275 e. The summed E-state index contributed by atoms with van der Waals surface area (Å²) >= 11 is 0. The highest BCUT2D eigenvalue weighted by molar-refractivity contribution is 6.20. The summed E-state index contributed by atoms with van der Waals surface area (Å²) in [6, 6.07) is 9.41. The molecule has 5 unspecified atom stereocenters. The van der Waals surface area contributed by atoms with E-state index in [-0.39, 0.29) is 35.4 Å². The van der Waals surface area contributed by atoms with E-state index in [4.69, 9.17) is 0 Å². The van der Waals surface area contributed by atoms with E-state index in [9.17, 15) is 15.1 Å². The SMILES string of the molecule is CC(c1ccccc1)C12C(=O)C3CCCC(C3C1=O)[N+]2=[N-].